The zero-order valence-corrected chi connectivity index (χ0v) is 12.9. The number of piperidine rings is 1. The lowest BCUT2D eigenvalue weighted by Crippen LogP contribution is -2.41. The van der Waals surface area contributed by atoms with Gasteiger partial charge >= 0.3 is 0 Å². The average molecular weight is 282 g/mol. The van der Waals surface area contributed by atoms with Crippen molar-refractivity contribution in [3.63, 3.8) is 0 Å². The van der Waals surface area contributed by atoms with Crippen LogP contribution in [-0.2, 0) is 9.53 Å². The summed E-state index contributed by atoms with van der Waals surface area (Å²) in [5.74, 6) is 0.328. The van der Waals surface area contributed by atoms with Crippen LogP contribution in [0.4, 0.5) is 0 Å². The van der Waals surface area contributed by atoms with Crippen molar-refractivity contribution in [1.29, 1.82) is 0 Å². The SMILES string of the molecule is CCCC1CC(NCCC(=O)N2CCCCC2)CCO1. The molecule has 1 amide bonds. The van der Waals surface area contributed by atoms with Crippen LogP contribution in [0.1, 0.15) is 58.3 Å². The van der Waals surface area contributed by atoms with Gasteiger partial charge in [-0.25, -0.2) is 0 Å². The molecule has 2 atom stereocenters. The van der Waals surface area contributed by atoms with Crippen LogP contribution in [0.5, 0.6) is 0 Å². The summed E-state index contributed by atoms with van der Waals surface area (Å²) in [6, 6.07) is 0.537. The molecule has 0 aromatic heterocycles. The van der Waals surface area contributed by atoms with Crippen molar-refractivity contribution in [2.45, 2.75) is 70.4 Å². The molecule has 0 aromatic rings. The Labute approximate surface area is 123 Å². The highest BCUT2D eigenvalue weighted by atomic mass is 16.5. The molecule has 2 heterocycles. The minimum atomic E-state index is 0.328. The minimum absolute atomic E-state index is 0.328. The number of likely N-dealkylation sites (tertiary alicyclic amines) is 1. The standard InChI is InChI=1S/C16H30N2O2/c1-2-6-15-13-14(8-12-20-15)17-9-7-16(19)18-10-4-3-5-11-18/h14-15,17H,2-13H2,1H3. The van der Waals surface area contributed by atoms with Gasteiger partial charge in [0.25, 0.3) is 0 Å². The molecule has 2 rings (SSSR count). The largest absolute Gasteiger partial charge is 0.378 e. The maximum absolute atomic E-state index is 12.1. The Morgan fingerprint density at radius 3 is 2.85 bits per heavy atom. The molecule has 0 aliphatic carbocycles. The van der Waals surface area contributed by atoms with Crippen LogP contribution in [0.15, 0.2) is 0 Å². The van der Waals surface area contributed by atoms with E-state index in [4.69, 9.17) is 4.74 Å². The number of ether oxygens (including phenoxy) is 1. The van der Waals surface area contributed by atoms with Crippen LogP contribution in [0, 0.1) is 0 Å². The summed E-state index contributed by atoms with van der Waals surface area (Å²) in [7, 11) is 0. The molecule has 1 N–H and O–H groups in total. The second kappa shape index (κ2) is 8.63. The Bertz CT molecular complexity index is 288. The Morgan fingerprint density at radius 1 is 1.30 bits per heavy atom. The number of rotatable bonds is 6. The summed E-state index contributed by atoms with van der Waals surface area (Å²) in [6.07, 6.45) is 9.23. The van der Waals surface area contributed by atoms with E-state index in [9.17, 15) is 4.79 Å². The van der Waals surface area contributed by atoms with Crippen LogP contribution >= 0.6 is 0 Å². The molecule has 0 bridgehead atoms. The van der Waals surface area contributed by atoms with Gasteiger partial charge in [-0.05, 0) is 38.5 Å². The van der Waals surface area contributed by atoms with E-state index in [-0.39, 0.29) is 0 Å². The summed E-state index contributed by atoms with van der Waals surface area (Å²) in [5.41, 5.74) is 0. The van der Waals surface area contributed by atoms with Gasteiger partial charge in [-0.15, -0.1) is 0 Å². The summed E-state index contributed by atoms with van der Waals surface area (Å²) < 4.78 is 5.76. The number of hydrogen-bond acceptors (Lipinski definition) is 3. The van der Waals surface area contributed by atoms with Crippen molar-refractivity contribution >= 4 is 5.91 Å². The van der Waals surface area contributed by atoms with Crippen molar-refractivity contribution in [1.82, 2.24) is 10.2 Å². The molecule has 116 valence electrons. The first-order valence-electron chi connectivity index (χ1n) is 8.42. The Balaban J connectivity index is 1.61. The van der Waals surface area contributed by atoms with Gasteiger partial charge in [-0.3, -0.25) is 4.79 Å². The van der Waals surface area contributed by atoms with E-state index in [1.807, 2.05) is 4.90 Å². The van der Waals surface area contributed by atoms with Gasteiger partial charge in [0.1, 0.15) is 0 Å². The zero-order valence-electron chi connectivity index (χ0n) is 12.9. The van der Waals surface area contributed by atoms with Crippen LogP contribution in [0.3, 0.4) is 0 Å². The van der Waals surface area contributed by atoms with Gasteiger partial charge in [0, 0.05) is 38.7 Å². The van der Waals surface area contributed by atoms with E-state index in [1.165, 1.54) is 25.7 Å². The monoisotopic (exact) mass is 282 g/mol. The molecule has 2 fully saturated rings. The second-order valence-corrected chi connectivity index (χ2v) is 6.15. The fraction of sp³-hybridized carbons (Fsp3) is 0.938. The van der Waals surface area contributed by atoms with Gasteiger partial charge in [0.2, 0.25) is 5.91 Å². The molecule has 2 saturated heterocycles. The van der Waals surface area contributed by atoms with Gasteiger partial charge in [-0.1, -0.05) is 13.3 Å². The van der Waals surface area contributed by atoms with E-state index in [1.54, 1.807) is 0 Å². The summed E-state index contributed by atoms with van der Waals surface area (Å²) >= 11 is 0. The molecular weight excluding hydrogens is 252 g/mol. The predicted molar refractivity (Wildman–Crippen MR) is 80.7 cm³/mol. The van der Waals surface area contributed by atoms with Crippen LogP contribution in [0.25, 0.3) is 0 Å². The lowest BCUT2D eigenvalue weighted by molar-refractivity contribution is -0.132. The highest BCUT2D eigenvalue weighted by Gasteiger charge is 2.22. The molecular formula is C16H30N2O2. The summed E-state index contributed by atoms with van der Waals surface area (Å²) in [6.45, 7) is 5.82. The lowest BCUT2D eigenvalue weighted by atomic mass is 10.00. The maximum atomic E-state index is 12.1. The second-order valence-electron chi connectivity index (χ2n) is 6.15. The number of amides is 1. The fourth-order valence-corrected chi connectivity index (χ4v) is 3.27. The molecule has 20 heavy (non-hydrogen) atoms. The van der Waals surface area contributed by atoms with Crippen molar-refractivity contribution in [2.75, 3.05) is 26.2 Å². The molecule has 0 aromatic carbocycles. The van der Waals surface area contributed by atoms with Crippen LogP contribution < -0.4 is 5.32 Å². The van der Waals surface area contributed by atoms with E-state index in [2.05, 4.69) is 12.2 Å². The topological polar surface area (TPSA) is 41.6 Å². The molecule has 4 nitrogen and oxygen atoms in total. The zero-order chi connectivity index (χ0) is 14.2. The normalized spacial score (nSPS) is 27.6. The number of carbonyl (C=O) groups is 1. The fourth-order valence-electron chi connectivity index (χ4n) is 3.27. The van der Waals surface area contributed by atoms with Gasteiger partial charge < -0.3 is 15.0 Å². The molecule has 0 saturated carbocycles. The quantitative estimate of drug-likeness (QED) is 0.813. The molecule has 2 unspecified atom stereocenters. The van der Waals surface area contributed by atoms with Crippen molar-refractivity contribution < 1.29 is 9.53 Å². The molecule has 2 aliphatic heterocycles. The highest BCUT2D eigenvalue weighted by Crippen LogP contribution is 2.18. The van der Waals surface area contributed by atoms with Crippen molar-refractivity contribution in [2.24, 2.45) is 0 Å². The van der Waals surface area contributed by atoms with Gasteiger partial charge in [0.05, 0.1) is 6.10 Å². The first-order chi connectivity index (χ1) is 9.79. The number of nitrogens with one attached hydrogen (secondary N) is 1. The highest BCUT2D eigenvalue weighted by molar-refractivity contribution is 5.76. The maximum Gasteiger partial charge on any atom is 0.223 e. The van der Waals surface area contributed by atoms with E-state index in [0.717, 1.165) is 45.5 Å². The molecule has 4 heteroatoms. The number of hydrogen-bond donors (Lipinski definition) is 1. The Kier molecular flexibility index (Phi) is 6.80. The van der Waals surface area contributed by atoms with Crippen molar-refractivity contribution in [3.05, 3.63) is 0 Å². The Hall–Kier alpha value is -0.610. The third-order valence-electron chi connectivity index (χ3n) is 4.46. The number of carbonyl (C=O) groups excluding carboxylic acids is 1. The average Bonchev–Trinajstić information content (AvgIpc) is 2.49. The van der Waals surface area contributed by atoms with E-state index < -0.39 is 0 Å². The number of nitrogens with zero attached hydrogens (tertiary/aromatic N) is 1. The molecule has 2 aliphatic rings. The van der Waals surface area contributed by atoms with Crippen LogP contribution in [0.2, 0.25) is 0 Å². The Morgan fingerprint density at radius 2 is 2.10 bits per heavy atom. The smallest absolute Gasteiger partial charge is 0.223 e. The third-order valence-corrected chi connectivity index (χ3v) is 4.46. The van der Waals surface area contributed by atoms with E-state index >= 15 is 0 Å². The summed E-state index contributed by atoms with van der Waals surface area (Å²) in [4.78, 5) is 14.1. The van der Waals surface area contributed by atoms with Gasteiger partial charge in [0.15, 0.2) is 0 Å². The molecule has 0 spiro atoms. The minimum Gasteiger partial charge on any atom is -0.378 e. The first kappa shape index (κ1) is 15.8. The van der Waals surface area contributed by atoms with E-state index in [0.29, 0.717) is 24.5 Å². The van der Waals surface area contributed by atoms with Crippen molar-refractivity contribution in [3.8, 4) is 0 Å². The van der Waals surface area contributed by atoms with Crippen LogP contribution in [-0.4, -0.2) is 49.2 Å². The molecule has 0 radical (unpaired) electrons. The predicted octanol–water partition coefficient (Wildman–Crippen LogP) is 2.33. The lowest BCUT2D eigenvalue weighted by Gasteiger charge is -2.31. The third kappa shape index (κ3) is 5.06. The van der Waals surface area contributed by atoms with Gasteiger partial charge in [-0.2, -0.15) is 0 Å². The summed E-state index contributed by atoms with van der Waals surface area (Å²) in [5, 5.41) is 3.55. The first-order valence-corrected chi connectivity index (χ1v) is 8.42.